The maximum atomic E-state index is 4.22. The van der Waals surface area contributed by atoms with Crippen LogP contribution in [0.3, 0.4) is 0 Å². The van der Waals surface area contributed by atoms with Crippen molar-refractivity contribution < 1.29 is 4.52 Å². The fraction of sp³-hybridized carbons (Fsp3) is 0.143. The van der Waals surface area contributed by atoms with Crippen LogP contribution in [0.1, 0.15) is 0 Å². The molecule has 11 heavy (non-hydrogen) atoms. The molecule has 4 nitrogen and oxygen atoms in total. The molecular formula is C7H9N3O. The molecule has 0 fully saturated rings. The molecule has 0 aliphatic carbocycles. The quantitative estimate of drug-likeness (QED) is 0.593. The maximum Gasteiger partial charge on any atom is 0.144 e. The summed E-state index contributed by atoms with van der Waals surface area (Å²) in [5, 5.41) is 9.42. The van der Waals surface area contributed by atoms with E-state index in [0.717, 1.165) is 6.54 Å². The fourth-order valence-corrected chi connectivity index (χ4v) is 0.542. The summed E-state index contributed by atoms with van der Waals surface area (Å²) >= 11 is 0. The van der Waals surface area contributed by atoms with E-state index in [-0.39, 0.29) is 0 Å². The average Bonchev–Trinajstić information content (AvgIpc) is 2.64. The van der Waals surface area contributed by atoms with Gasteiger partial charge in [0, 0.05) is 11.8 Å². The van der Waals surface area contributed by atoms with Gasteiger partial charge in [0.05, 0.1) is 6.20 Å². The molecule has 2 heterocycles. The molecule has 58 valence electrons. The lowest BCUT2D eigenvalue weighted by atomic mass is 10.4. The SMILES string of the molecule is C1=CCNC=C1.c1conn1. The molecule has 0 radical (unpaired) electrons. The third-order valence-corrected chi connectivity index (χ3v) is 0.980. The Kier molecular flexibility index (Phi) is 3.57. The van der Waals surface area contributed by atoms with Crippen LogP contribution in [0.5, 0.6) is 0 Å². The molecule has 1 N–H and O–H groups in total. The first kappa shape index (κ1) is 7.53. The van der Waals surface area contributed by atoms with Crippen LogP contribution in [0.2, 0.25) is 0 Å². The van der Waals surface area contributed by atoms with E-state index in [2.05, 4.69) is 26.3 Å². The minimum atomic E-state index is 0.983. The first-order valence-electron chi connectivity index (χ1n) is 3.26. The van der Waals surface area contributed by atoms with Crippen molar-refractivity contribution in [2.45, 2.75) is 0 Å². The van der Waals surface area contributed by atoms with E-state index in [1.807, 2.05) is 18.4 Å². The van der Waals surface area contributed by atoms with Crippen molar-refractivity contribution in [3.63, 3.8) is 0 Å². The van der Waals surface area contributed by atoms with Gasteiger partial charge >= 0.3 is 0 Å². The average molecular weight is 151 g/mol. The molecule has 1 aromatic rings. The summed E-state index contributed by atoms with van der Waals surface area (Å²) in [4.78, 5) is 0. The van der Waals surface area contributed by atoms with Crippen molar-refractivity contribution >= 4 is 0 Å². The van der Waals surface area contributed by atoms with Crippen molar-refractivity contribution in [1.29, 1.82) is 0 Å². The second-order valence-corrected chi connectivity index (χ2v) is 1.78. The first-order chi connectivity index (χ1) is 5.50. The number of hydrogen-bond acceptors (Lipinski definition) is 4. The molecule has 0 aromatic carbocycles. The molecule has 4 heteroatoms. The molecule has 2 rings (SSSR count). The summed E-state index contributed by atoms with van der Waals surface area (Å²) in [6, 6.07) is 0. The van der Waals surface area contributed by atoms with E-state index in [1.165, 1.54) is 12.5 Å². The molecule has 0 bridgehead atoms. The Balaban J connectivity index is 0.000000112. The lowest BCUT2D eigenvalue weighted by molar-refractivity contribution is 0.393. The third kappa shape index (κ3) is 3.91. The Hall–Kier alpha value is -1.58. The molecule has 1 aliphatic heterocycles. The fourth-order valence-electron chi connectivity index (χ4n) is 0.542. The number of allylic oxidation sites excluding steroid dienone is 2. The molecule has 1 aliphatic rings. The van der Waals surface area contributed by atoms with E-state index in [9.17, 15) is 0 Å². The number of nitrogens with one attached hydrogen (secondary N) is 1. The van der Waals surface area contributed by atoms with E-state index in [4.69, 9.17) is 0 Å². The smallest absolute Gasteiger partial charge is 0.144 e. The minimum Gasteiger partial charge on any atom is -0.387 e. The van der Waals surface area contributed by atoms with Crippen LogP contribution in [0, 0.1) is 0 Å². The molecular weight excluding hydrogens is 142 g/mol. The number of hydrogen-bond donors (Lipinski definition) is 1. The Morgan fingerprint density at radius 3 is 2.55 bits per heavy atom. The van der Waals surface area contributed by atoms with Gasteiger partial charge in [-0.1, -0.05) is 12.2 Å². The van der Waals surface area contributed by atoms with Crippen LogP contribution >= 0.6 is 0 Å². The normalized spacial score (nSPS) is 13.1. The minimum absolute atomic E-state index is 0.983. The highest BCUT2D eigenvalue weighted by Crippen LogP contribution is 1.78. The molecule has 0 saturated carbocycles. The van der Waals surface area contributed by atoms with Gasteiger partial charge in [-0.3, -0.25) is 0 Å². The highest BCUT2D eigenvalue weighted by Gasteiger charge is 1.73. The molecule has 1 aromatic heterocycles. The lowest BCUT2D eigenvalue weighted by Crippen LogP contribution is -2.05. The summed E-state index contributed by atoms with van der Waals surface area (Å²) in [6.45, 7) is 0.983. The van der Waals surface area contributed by atoms with Gasteiger partial charge in [-0.2, -0.15) is 0 Å². The Bertz CT molecular complexity index is 186. The Labute approximate surface area is 64.6 Å². The van der Waals surface area contributed by atoms with E-state index >= 15 is 0 Å². The second-order valence-electron chi connectivity index (χ2n) is 1.78. The van der Waals surface area contributed by atoms with Crippen LogP contribution in [-0.4, -0.2) is 16.9 Å². The van der Waals surface area contributed by atoms with Crippen molar-refractivity contribution in [3.8, 4) is 0 Å². The van der Waals surface area contributed by atoms with Gasteiger partial charge in [-0.25, -0.2) is 0 Å². The summed E-state index contributed by atoms with van der Waals surface area (Å²) in [5.41, 5.74) is 0. The highest BCUT2D eigenvalue weighted by molar-refractivity contribution is 5.06. The van der Waals surface area contributed by atoms with E-state index in [0.29, 0.717) is 0 Å². The van der Waals surface area contributed by atoms with Gasteiger partial charge in [0.2, 0.25) is 0 Å². The standard InChI is InChI=1S/C5H7N.C2H2N2O/c1-2-4-6-5-3-1;1-2-5-4-3-1/h1-4,6H,5H2;1-2H. The molecule has 0 unspecified atom stereocenters. The van der Waals surface area contributed by atoms with Gasteiger partial charge < -0.3 is 9.84 Å². The largest absolute Gasteiger partial charge is 0.387 e. The summed E-state index contributed by atoms with van der Waals surface area (Å²) < 4.78 is 4.22. The summed E-state index contributed by atoms with van der Waals surface area (Å²) in [6.07, 6.45) is 10.9. The first-order valence-corrected chi connectivity index (χ1v) is 3.26. The number of nitrogens with zero attached hydrogens (tertiary/aromatic N) is 2. The van der Waals surface area contributed by atoms with Gasteiger partial charge in [0.25, 0.3) is 0 Å². The molecule has 0 atom stereocenters. The van der Waals surface area contributed by atoms with Crippen LogP contribution in [0.25, 0.3) is 0 Å². The summed E-state index contributed by atoms with van der Waals surface area (Å²) in [5.74, 6) is 0. The van der Waals surface area contributed by atoms with Gasteiger partial charge in [0.15, 0.2) is 0 Å². The van der Waals surface area contributed by atoms with Crippen molar-refractivity contribution in [2.75, 3.05) is 6.54 Å². The monoisotopic (exact) mass is 151 g/mol. The van der Waals surface area contributed by atoms with Crippen LogP contribution in [0.4, 0.5) is 0 Å². The predicted molar refractivity (Wildman–Crippen MR) is 40.6 cm³/mol. The highest BCUT2D eigenvalue weighted by atomic mass is 16.5. The lowest BCUT2D eigenvalue weighted by Gasteiger charge is -1.94. The van der Waals surface area contributed by atoms with E-state index < -0.39 is 0 Å². The second kappa shape index (κ2) is 5.22. The Morgan fingerprint density at radius 1 is 1.36 bits per heavy atom. The number of rotatable bonds is 0. The topological polar surface area (TPSA) is 51.0 Å². The van der Waals surface area contributed by atoms with Crippen molar-refractivity contribution in [1.82, 2.24) is 15.7 Å². The van der Waals surface area contributed by atoms with Gasteiger partial charge in [-0.15, -0.1) is 5.10 Å². The van der Waals surface area contributed by atoms with E-state index in [1.54, 1.807) is 0 Å². The molecule has 0 amide bonds. The summed E-state index contributed by atoms with van der Waals surface area (Å²) in [7, 11) is 0. The van der Waals surface area contributed by atoms with Crippen LogP contribution in [-0.2, 0) is 0 Å². The van der Waals surface area contributed by atoms with Crippen molar-refractivity contribution in [3.05, 3.63) is 36.9 Å². The number of aromatic nitrogens is 2. The van der Waals surface area contributed by atoms with Crippen LogP contribution in [0.15, 0.2) is 41.4 Å². The third-order valence-electron chi connectivity index (χ3n) is 0.980. The zero-order valence-corrected chi connectivity index (χ0v) is 5.97. The zero-order valence-electron chi connectivity index (χ0n) is 5.97. The van der Waals surface area contributed by atoms with Crippen molar-refractivity contribution in [2.24, 2.45) is 0 Å². The number of dihydropyridines is 1. The molecule has 0 spiro atoms. The predicted octanol–water partition coefficient (Wildman–Crippen LogP) is 0.729. The van der Waals surface area contributed by atoms with Gasteiger partial charge in [0.1, 0.15) is 6.26 Å². The zero-order chi connectivity index (χ0) is 7.78. The van der Waals surface area contributed by atoms with Gasteiger partial charge in [-0.05, 0) is 12.3 Å². The molecule has 0 saturated heterocycles. The maximum absolute atomic E-state index is 4.22. The Morgan fingerprint density at radius 2 is 2.36 bits per heavy atom. The van der Waals surface area contributed by atoms with Crippen LogP contribution < -0.4 is 5.32 Å².